The lowest BCUT2D eigenvalue weighted by molar-refractivity contribution is -0.119. The first-order valence-electron chi connectivity index (χ1n) is 5.56. The van der Waals surface area contributed by atoms with Gasteiger partial charge in [-0.05, 0) is 30.7 Å². The van der Waals surface area contributed by atoms with Crippen molar-refractivity contribution in [2.45, 2.75) is 13.5 Å². The van der Waals surface area contributed by atoms with Crippen LogP contribution in [0.25, 0.3) is 0 Å². The number of hydrogen-bond acceptors (Lipinski definition) is 3. The van der Waals surface area contributed by atoms with Gasteiger partial charge in [-0.3, -0.25) is 4.79 Å². The standard InChI is InChI=1S/C12H18ClN3O/c1-3-16(8-12(17)15-2)11-5-4-10(13)6-9(11)7-14/h4-6H,3,7-8,14H2,1-2H3,(H,15,17). The molecular weight excluding hydrogens is 238 g/mol. The van der Waals surface area contributed by atoms with Crippen LogP contribution in [0.3, 0.4) is 0 Å². The van der Waals surface area contributed by atoms with E-state index in [1.54, 1.807) is 7.05 Å². The van der Waals surface area contributed by atoms with Gasteiger partial charge in [0, 0.05) is 30.8 Å². The number of carbonyl (C=O) groups is 1. The van der Waals surface area contributed by atoms with E-state index in [4.69, 9.17) is 17.3 Å². The zero-order valence-corrected chi connectivity index (χ0v) is 10.9. The minimum atomic E-state index is -0.0234. The molecule has 0 aliphatic heterocycles. The number of rotatable bonds is 5. The SMILES string of the molecule is CCN(CC(=O)NC)c1ccc(Cl)cc1CN. The van der Waals surface area contributed by atoms with Crippen LogP contribution < -0.4 is 16.0 Å². The van der Waals surface area contributed by atoms with Crippen LogP contribution in [-0.4, -0.2) is 26.0 Å². The summed E-state index contributed by atoms with van der Waals surface area (Å²) in [4.78, 5) is 13.4. The molecule has 1 aromatic rings. The zero-order chi connectivity index (χ0) is 12.8. The molecule has 0 aliphatic rings. The van der Waals surface area contributed by atoms with E-state index in [1.807, 2.05) is 30.0 Å². The summed E-state index contributed by atoms with van der Waals surface area (Å²) in [7, 11) is 1.63. The highest BCUT2D eigenvalue weighted by atomic mass is 35.5. The summed E-state index contributed by atoms with van der Waals surface area (Å²) < 4.78 is 0. The molecule has 0 radical (unpaired) electrons. The molecule has 17 heavy (non-hydrogen) atoms. The third kappa shape index (κ3) is 3.61. The molecule has 4 nitrogen and oxygen atoms in total. The molecular formula is C12H18ClN3O. The van der Waals surface area contributed by atoms with Crippen molar-refractivity contribution in [2.24, 2.45) is 5.73 Å². The Morgan fingerprint density at radius 3 is 2.76 bits per heavy atom. The quantitative estimate of drug-likeness (QED) is 0.836. The van der Waals surface area contributed by atoms with Gasteiger partial charge in [0.1, 0.15) is 0 Å². The lowest BCUT2D eigenvalue weighted by atomic mass is 10.1. The first-order valence-corrected chi connectivity index (χ1v) is 5.94. The molecule has 1 aromatic carbocycles. The third-order valence-electron chi connectivity index (χ3n) is 2.60. The number of amides is 1. The Labute approximate surface area is 107 Å². The Morgan fingerprint density at radius 1 is 1.53 bits per heavy atom. The largest absolute Gasteiger partial charge is 0.362 e. The van der Waals surface area contributed by atoms with Crippen molar-refractivity contribution in [3.8, 4) is 0 Å². The summed E-state index contributed by atoms with van der Waals surface area (Å²) in [6, 6.07) is 5.54. The van der Waals surface area contributed by atoms with Gasteiger partial charge in [0.15, 0.2) is 0 Å². The molecule has 0 saturated heterocycles. The topological polar surface area (TPSA) is 58.4 Å². The van der Waals surface area contributed by atoms with Gasteiger partial charge < -0.3 is 16.0 Å². The van der Waals surface area contributed by atoms with Gasteiger partial charge in [0.05, 0.1) is 6.54 Å². The minimum absolute atomic E-state index is 0.0234. The van der Waals surface area contributed by atoms with Gasteiger partial charge in [-0.25, -0.2) is 0 Å². The number of nitrogens with two attached hydrogens (primary N) is 1. The van der Waals surface area contributed by atoms with Crippen LogP contribution in [0.5, 0.6) is 0 Å². The molecule has 0 bridgehead atoms. The Kier molecular flexibility index (Phi) is 5.25. The van der Waals surface area contributed by atoms with Gasteiger partial charge in [0.2, 0.25) is 5.91 Å². The number of halogens is 1. The van der Waals surface area contributed by atoms with Gasteiger partial charge in [-0.1, -0.05) is 11.6 Å². The van der Waals surface area contributed by atoms with E-state index >= 15 is 0 Å². The second kappa shape index (κ2) is 6.47. The smallest absolute Gasteiger partial charge is 0.239 e. The number of nitrogens with zero attached hydrogens (tertiary/aromatic N) is 1. The summed E-state index contributed by atoms with van der Waals surface area (Å²) >= 11 is 5.92. The van der Waals surface area contributed by atoms with Crippen LogP contribution in [0.1, 0.15) is 12.5 Å². The van der Waals surface area contributed by atoms with Gasteiger partial charge in [-0.2, -0.15) is 0 Å². The highest BCUT2D eigenvalue weighted by molar-refractivity contribution is 6.30. The van der Waals surface area contributed by atoms with Crippen LogP contribution in [0.2, 0.25) is 5.02 Å². The maximum absolute atomic E-state index is 11.4. The first kappa shape index (κ1) is 13.8. The van der Waals surface area contributed by atoms with Crippen molar-refractivity contribution in [1.82, 2.24) is 5.32 Å². The van der Waals surface area contributed by atoms with E-state index in [9.17, 15) is 4.79 Å². The first-order chi connectivity index (χ1) is 8.12. The summed E-state index contributed by atoms with van der Waals surface area (Å²) in [5, 5.41) is 3.27. The van der Waals surface area contributed by atoms with E-state index in [0.717, 1.165) is 17.8 Å². The van der Waals surface area contributed by atoms with Gasteiger partial charge in [0.25, 0.3) is 0 Å². The zero-order valence-electron chi connectivity index (χ0n) is 10.2. The molecule has 0 unspecified atom stereocenters. The van der Waals surface area contributed by atoms with Crippen LogP contribution in [0, 0.1) is 0 Å². The molecule has 0 atom stereocenters. The normalized spacial score (nSPS) is 10.1. The number of nitrogens with one attached hydrogen (secondary N) is 1. The van der Waals surface area contributed by atoms with Crippen molar-refractivity contribution in [3.63, 3.8) is 0 Å². The van der Waals surface area contributed by atoms with Crippen molar-refractivity contribution < 1.29 is 4.79 Å². The van der Waals surface area contributed by atoms with Crippen LogP contribution in [0.15, 0.2) is 18.2 Å². The van der Waals surface area contributed by atoms with E-state index in [1.165, 1.54) is 0 Å². The second-order valence-corrected chi connectivity index (χ2v) is 4.10. The Morgan fingerprint density at radius 2 is 2.24 bits per heavy atom. The van der Waals surface area contributed by atoms with Crippen molar-refractivity contribution >= 4 is 23.2 Å². The van der Waals surface area contributed by atoms with Crippen molar-refractivity contribution in [2.75, 3.05) is 25.0 Å². The van der Waals surface area contributed by atoms with Crippen LogP contribution in [-0.2, 0) is 11.3 Å². The molecule has 0 spiro atoms. The highest BCUT2D eigenvalue weighted by Gasteiger charge is 2.12. The predicted molar refractivity (Wildman–Crippen MR) is 71.3 cm³/mol. The molecule has 0 aliphatic carbocycles. The Hall–Kier alpha value is -1.26. The molecule has 0 heterocycles. The van der Waals surface area contributed by atoms with E-state index in [-0.39, 0.29) is 5.91 Å². The summed E-state index contributed by atoms with van der Waals surface area (Å²) in [5.41, 5.74) is 7.60. The number of likely N-dealkylation sites (N-methyl/N-ethyl adjacent to an activating group) is 2. The lowest BCUT2D eigenvalue weighted by Gasteiger charge is -2.24. The Balaban J connectivity index is 2.98. The average Bonchev–Trinajstić information content (AvgIpc) is 2.35. The van der Waals surface area contributed by atoms with Crippen molar-refractivity contribution in [3.05, 3.63) is 28.8 Å². The molecule has 94 valence electrons. The number of carbonyl (C=O) groups excluding carboxylic acids is 1. The number of hydrogen-bond donors (Lipinski definition) is 2. The monoisotopic (exact) mass is 255 g/mol. The maximum atomic E-state index is 11.4. The Bertz CT molecular complexity index is 395. The summed E-state index contributed by atoms with van der Waals surface area (Å²) in [6.45, 7) is 3.46. The number of benzene rings is 1. The number of anilines is 1. The summed E-state index contributed by atoms with van der Waals surface area (Å²) in [5.74, 6) is -0.0234. The molecule has 3 N–H and O–H groups in total. The fourth-order valence-corrected chi connectivity index (χ4v) is 1.84. The van der Waals surface area contributed by atoms with E-state index < -0.39 is 0 Å². The molecule has 0 fully saturated rings. The fourth-order valence-electron chi connectivity index (χ4n) is 1.65. The minimum Gasteiger partial charge on any atom is -0.362 e. The molecule has 1 amide bonds. The second-order valence-electron chi connectivity index (χ2n) is 3.66. The van der Waals surface area contributed by atoms with Gasteiger partial charge in [-0.15, -0.1) is 0 Å². The van der Waals surface area contributed by atoms with E-state index in [0.29, 0.717) is 18.1 Å². The highest BCUT2D eigenvalue weighted by Crippen LogP contribution is 2.23. The van der Waals surface area contributed by atoms with E-state index in [2.05, 4.69) is 5.32 Å². The van der Waals surface area contributed by atoms with Crippen LogP contribution >= 0.6 is 11.6 Å². The fraction of sp³-hybridized carbons (Fsp3) is 0.417. The summed E-state index contributed by atoms with van der Waals surface area (Å²) in [6.07, 6.45) is 0. The molecule has 0 saturated carbocycles. The predicted octanol–water partition coefficient (Wildman–Crippen LogP) is 1.37. The lowest BCUT2D eigenvalue weighted by Crippen LogP contribution is -2.36. The molecule has 5 heteroatoms. The maximum Gasteiger partial charge on any atom is 0.239 e. The average molecular weight is 256 g/mol. The third-order valence-corrected chi connectivity index (χ3v) is 2.83. The van der Waals surface area contributed by atoms with Crippen LogP contribution in [0.4, 0.5) is 5.69 Å². The molecule has 0 aromatic heterocycles. The van der Waals surface area contributed by atoms with Crippen molar-refractivity contribution in [1.29, 1.82) is 0 Å². The molecule has 1 rings (SSSR count). The van der Waals surface area contributed by atoms with Gasteiger partial charge >= 0.3 is 0 Å².